The molecule has 1 saturated carbocycles. The normalized spacial score (nSPS) is 33.0. The van der Waals surface area contributed by atoms with E-state index in [0.717, 1.165) is 12.3 Å². The highest BCUT2D eigenvalue weighted by molar-refractivity contribution is 4.91. The predicted octanol–water partition coefficient (Wildman–Crippen LogP) is 2.48. The summed E-state index contributed by atoms with van der Waals surface area (Å²) in [5.41, 5.74) is 0. The molecule has 1 heterocycles. The van der Waals surface area contributed by atoms with Crippen LogP contribution >= 0.6 is 0 Å². The highest BCUT2D eigenvalue weighted by atomic mass is 16.5. The Morgan fingerprint density at radius 3 is 2.60 bits per heavy atom. The molecule has 0 spiro atoms. The van der Waals surface area contributed by atoms with Gasteiger partial charge in [0.25, 0.3) is 0 Å². The van der Waals surface area contributed by atoms with Gasteiger partial charge in [-0.05, 0) is 24.8 Å². The number of hydrogen-bond acceptors (Lipinski definition) is 1. The van der Waals surface area contributed by atoms with Gasteiger partial charge in [0.15, 0.2) is 0 Å². The topological polar surface area (TPSA) is 9.23 Å². The van der Waals surface area contributed by atoms with Gasteiger partial charge in [0.1, 0.15) is 6.10 Å². The molecule has 1 aliphatic heterocycles. The van der Waals surface area contributed by atoms with Crippen LogP contribution in [0.2, 0.25) is 0 Å². The molecule has 10 heavy (non-hydrogen) atoms. The molecule has 0 aromatic heterocycles. The summed E-state index contributed by atoms with van der Waals surface area (Å²) < 4.78 is 5.46. The molecular weight excluding hydrogens is 124 g/mol. The van der Waals surface area contributed by atoms with Crippen LogP contribution in [0.15, 0.2) is 12.3 Å². The van der Waals surface area contributed by atoms with Crippen molar-refractivity contribution in [1.29, 1.82) is 0 Å². The fourth-order valence-corrected chi connectivity index (χ4v) is 2.03. The Kier molecular flexibility index (Phi) is 1.66. The summed E-state index contributed by atoms with van der Waals surface area (Å²) in [5, 5.41) is 0. The molecule has 1 aliphatic carbocycles. The van der Waals surface area contributed by atoms with E-state index in [-0.39, 0.29) is 0 Å². The minimum Gasteiger partial charge on any atom is -0.498 e. The number of ether oxygens (including phenoxy) is 1. The van der Waals surface area contributed by atoms with E-state index in [9.17, 15) is 0 Å². The molecule has 0 N–H and O–H groups in total. The van der Waals surface area contributed by atoms with Crippen molar-refractivity contribution in [2.45, 2.75) is 38.2 Å². The third-order valence-corrected chi connectivity index (χ3v) is 2.64. The van der Waals surface area contributed by atoms with E-state index in [0.29, 0.717) is 6.10 Å². The van der Waals surface area contributed by atoms with Crippen molar-refractivity contribution in [3.05, 3.63) is 12.3 Å². The maximum Gasteiger partial charge on any atom is 0.104 e. The van der Waals surface area contributed by atoms with Crippen molar-refractivity contribution >= 4 is 0 Å². The van der Waals surface area contributed by atoms with Crippen LogP contribution in [0.25, 0.3) is 0 Å². The molecule has 0 amide bonds. The molecule has 2 aliphatic rings. The second-order valence-electron chi connectivity index (χ2n) is 3.33. The van der Waals surface area contributed by atoms with E-state index in [2.05, 4.69) is 6.08 Å². The Hall–Kier alpha value is -0.460. The van der Waals surface area contributed by atoms with Gasteiger partial charge in [-0.15, -0.1) is 0 Å². The summed E-state index contributed by atoms with van der Waals surface area (Å²) in [6, 6.07) is 0. The highest BCUT2D eigenvalue weighted by Crippen LogP contribution is 2.32. The SMILES string of the molecule is C1=COC(C2CCCC2)C1. The van der Waals surface area contributed by atoms with Gasteiger partial charge < -0.3 is 4.74 Å². The van der Waals surface area contributed by atoms with Crippen molar-refractivity contribution in [2.75, 3.05) is 0 Å². The summed E-state index contributed by atoms with van der Waals surface area (Å²) in [6.45, 7) is 0. The Labute approximate surface area is 62.1 Å². The second-order valence-corrected chi connectivity index (χ2v) is 3.33. The summed E-state index contributed by atoms with van der Waals surface area (Å²) in [5.74, 6) is 0.870. The smallest absolute Gasteiger partial charge is 0.104 e. The van der Waals surface area contributed by atoms with Gasteiger partial charge in [-0.3, -0.25) is 0 Å². The Morgan fingerprint density at radius 1 is 1.20 bits per heavy atom. The van der Waals surface area contributed by atoms with Gasteiger partial charge in [0, 0.05) is 6.42 Å². The van der Waals surface area contributed by atoms with Crippen LogP contribution in [0.4, 0.5) is 0 Å². The van der Waals surface area contributed by atoms with Crippen LogP contribution in [0.5, 0.6) is 0 Å². The average molecular weight is 138 g/mol. The first-order valence-electron chi connectivity index (χ1n) is 4.27. The van der Waals surface area contributed by atoms with E-state index < -0.39 is 0 Å². The maximum absolute atomic E-state index is 5.46. The van der Waals surface area contributed by atoms with Crippen molar-refractivity contribution in [2.24, 2.45) is 5.92 Å². The van der Waals surface area contributed by atoms with E-state index >= 15 is 0 Å². The Morgan fingerprint density at radius 2 is 2.00 bits per heavy atom. The van der Waals surface area contributed by atoms with Crippen LogP contribution in [0, 0.1) is 5.92 Å². The first-order valence-corrected chi connectivity index (χ1v) is 4.27. The molecule has 56 valence electrons. The van der Waals surface area contributed by atoms with Crippen LogP contribution < -0.4 is 0 Å². The molecule has 0 aromatic carbocycles. The number of hydrogen-bond donors (Lipinski definition) is 0. The number of rotatable bonds is 1. The molecule has 1 atom stereocenters. The zero-order valence-electron chi connectivity index (χ0n) is 6.25. The molecule has 0 radical (unpaired) electrons. The van der Waals surface area contributed by atoms with E-state index in [1.54, 1.807) is 0 Å². The molecule has 1 heteroatoms. The lowest BCUT2D eigenvalue weighted by Crippen LogP contribution is -2.15. The van der Waals surface area contributed by atoms with Crippen LogP contribution in [-0.4, -0.2) is 6.10 Å². The molecule has 0 aromatic rings. The minimum atomic E-state index is 0.544. The lowest BCUT2D eigenvalue weighted by atomic mass is 9.99. The first-order chi connectivity index (χ1) is 4.97. The second kappa shape index (κ2) is 2.65. The molecule has 0 saturated heterocycles. The van der Waals surface area contributed by atoms with Gasteiger partial charge in [-0.25, -0.2) is 0 Å². The van der Waals surface area contributed by atoms with Gasteiger partial charge in [0.05, 0.1) is 6.26 Å². The monoisotopic (exact) mass is 138 g/mol. The van der Waals surface area contributed by atoms with Gasteiger partial charge in [-0.1, -0.05) is 12.8 Å². The maximum atomic E-state index is 5.46. The minimum absolute atomic E-state index is 0.544. The third-order valence-electron chi connectivity index (χ3n) is 2.64. The van der Waals surface area contributed by atoms with E-state index in [4.69, 9.17) is 4.74 Å². The van der Waals surface area contributed by atoms with E-state index in [1.807, 2.05) is 6.26 Å². The lowest BCUT2D eigenvalue weighted by Gasteiger charge is -2.16. The molecular formula is C9H14O. The fraction of sp³-hybridized carbons (Fsp3) is 0.778. The van der Waals surface area contributed by atoms with Crippen LogP contribution in [0.3, 0.4) is 0 Å². The largest absolute Gasteiger partial charge is 0.498 e. The Balaban J connectivity index is 1.87. The van der Waals surface area contributed by atoms with Crippen molar-refractivity contribution in [3.8, 4) is 0 Å². The standard InChI is InChI=1S/C9H14O/c1-2-5-8(4-1)9-6-3-7-10-9/h3,7-9H,1-2,4-6H2. The molecule has 2 rings (SSSR count). The first kappa shape index (κ1) is 6.26. The van der Waals surface area contributed by atoms with E-state index in [1.165, 1.54) is 25.7 Å². The van der Waals surface area contributed by atoms with Gasteiger partial charge in [-0.2, -0.15) is 0 Å². The zero-order chi connectivity index (χ0) is 6.81. The van der Waals surface area contributed by atoms with Gasteiger partial charge >= 0.3 is 0 Å². The van der Waals surface area contributed by atoms with Gasteiger partial charge in [0.2, 0.25) is 0 Å². The quantitative estimate of drug-likeness (QED) is 0.541. The lowest BCUT2D eigenvalue weighted by molar-refractivity contribution is 0.111. The molecule has 0 bridgehead atoms. The summed E-state index contributed by atoms with van der Waals surface area (Å²) in [7, 11) is 0. The summed E-state index contributed by atoms with van der Waals surface area (Å²) >= 11 is 0. The summed E-state index contributed by atoms with van der Waals surface area (Å²) in [4.78, 5) is 0. The van der Waals surface area contributed by atoms with Crippen molar-refractivity contribution in [3.63, 3.8) is 0 Å². The summed E-state index contributed by atoms with van der Waals surface area (Å²) in [6.07, 6.45) is 11.3. The third kappa shape index (κ3) is 1.05. The predicted molar refractivity (Wildman–Crippen MR) is 40.6 cm³/mol. The molecule has 1 nitrogen and oxygen atoms in total. The average Bonchev–Trinajstić information content (AvgIpc) is 2.59. The highest BCUT2D eigenvalue weighted by Gasteiger charge is 2.26. The van der Waals surface area contributed by atoms with Crippen LogP contribution in [-0.2, 0) is 4.74 Å². The zero-order valence-corrected chi connectivity index (χ0v) is 6.25. The Bertz CT molecular complexity index is 126. The fourth-order valence-electron chi connectivity index (χ4n) is 2.03. The van der Waals surface area contributed by atoms with Crippen molar-refractivity contribution in [1.82, 2.24) is 0 Å². The molecule has 1 fully saturated rings. The van der Waals surface area contributed by atoms with Crippen molar-refractivity contribution < 1.29 is 4.74 Å². The van der Waals surface area contributed by atoms with Crippen LogP contribution in [0.1, 0.15) is 32.1 Å². The molecule has 1 unspecified atom stereocenters.